The molecular weight excluding hydrogens is 504 g/mol. The molecule has 4 aromatic rings. The molecule has 8 nitrogen and oxygen atoms in total. The van der Waals surface area contributed by atoms with Gasteiger partial charge in [0.1, 0.15) is 5.75 Å². The summed E-state index contributed by atoms with van der Waals surface area (Å²) in [5, 5.41) is 3.32. The molecule has 0 aliphatic heterocycles. The highest BCUT2D eigenvalue weighted by Gasteiger charge is 2.16. The molecule has 0 aliphatic rings. The van der Waals surface area contributed by atoms with Crippen LogP contribution in [0.5, 0.6) is 23.0 Å². The number of methoxy groups -OCH3 is 3. The third-order valence-corrected chi connectivity index (χ3v) is 6.69. The summed E-state index contributed by atoms with van der Waals surface area (Å²) in [6.45, 7) is 3.71. The average Bonchev–Trinajstić information content (AvgIpc) is 3.31. The van der Waals surface area contributed by atoms with Crippen molar-refractivity contribution in [2.24, 2.45) is 0 Å². The Bertz CT molecular complexity index is 1500. The maximum atomic E-state index is 12.8. The van der Waals surface area contributed by atoms with E-state index < -0.39 is 0 Å². The Morgan fingerprint density at radius 2 is 1.66 bits per heavy atom. The van der Waals surface area contributed by atoms with Gasteiger partial charge in [-0.25, -0.2) is 4.98 Å². The third kappa shape index (κ3) is 6.12. The second-order valence-electron chi connectivity index (χ2n) is 8.46. The summed E-state index contributed by atoms with van der Waals surface area (Å²) in [5.74, 6) is 1.21. The maximum Gasteiger partial charge on any atom is 0.264 e. The van der Waals surface area contributed by atoms with Crippen LogP contribution in [0.25, 0.3) is 16.3 Å². The SMILES string of the molecule is COc1cc(C(=O)/C=C/c2ccc(C)c(OCC(=O)Nc3nc4cc(C)ccc4s3)c2)cc(OC)c1OC. The van der Waals surface area contributed by atoms with Gasteiger partial charge in [-0.05, 0) is 66.9 Å². The number of amides is 1. The summed E-state index contributed by atoms with van der Waals surface area (Å²) in [7, 11) is 4.49. The predicted molar refractivity (Wildman–Crippen MR) is 149 cm³/mol. The number of aryl methyl sites for hydroxylation is 2. The van der Waals surface area contributed by atoms with Crippen LogP contribution in [0.1, 0.15) is 27.0 Å². The van der Waals surface area contributed by atoms with E-state index in [4.69, 9.17) is 18.9 Å². The van der Waals surface area contributed by atoms with Crippen LogP contribution < -0.4 is 24.3 Å². The van der Waals surface area contributed by atoms with E-state index in [1.165, 1.54) is 38.7 Å². The van der Waals surface area contributed by atoms with Gasteiger partial charge in [-0.2, -0.15) is 0 Å². The van der Waals surface area contributed by atoms with Crippen LogP contribution in [-0.2, 0) is 4.79 Å². The van der Waals surface area contributed by atoms with Gasteiger partial charge in [0, 0.05) is 5.56 Å². The van der Waals surface area contributed by atoms with Crippen LogP contribution in [0.3, 0.4) is 0 Å². The highest BCUT2D eigenvalue weighted by Crippen LogP contribution is 2.38. The van der Waals surface area contributed by atoms with Crippen LogP contribution in [0, 0.1) is 13.8 Å². The summed E-state index contributed by atoms with van der Waals surface area (Å²) >= 11 is 1.41. The van der Waals surface area contributed by atoms with Crippen molar-refractivity contribution in [2.75, 3.05) is 33.3 Å². The molecule has 0 atom stereocenters. The normalized spacial score (nSPS) is 11.0. The minimum Gasteiger partial charge on any atom is -0.493 e. The molecular formula is C29H28N2O6S. The largest absolute Gasteiger partial charge is 0.493 e. The zero-order valence-corrected chi connectivity index (χ0v) is 22.6. The lowest BCUT2D eigenvalue weighted by atomic mass is 10.1. The van der Waals surface area contributed by atoms with E-state index in [-0.39, 0.29) is 18.3 Å². The Labute approximate surface area is 224 Å². The number of ether oxygens (including phenoxy) is 4. The van der Waals surface area contributed by atoms with Crippen molar-refractivity contribution in [2.45, 2.75) is 13.8 Å². The second-order valence-corrected chi connectivity index (χ2v) is 9.49. The molecule has 0 aliphatic carbocycles. The van der Waals surface area contributed by atoms with E-state index in [1.54, 1.807) is 24.3 Å². The van der Waals surface area contributed by atoms with Gasteiger partial charge in [0.15, 0.2) is 29.0 Å². The number of allylic oxidation sites excluding steroid dienone is 1. The first kappa shape index (κ1) is 26.7. The Kier molecular flexibility index (Phi) is 8.28. The number of anilines is 1. The second kappa shape index (κ2) is 11.8. The van der Waals surface area contributed by atoms with E-state index in [0.717, 1.165) is 26.9 Å². The molecule has 0 bridgehead atoms. The van der Waals surface area contributed by atoms with Gasteiger partial charge in [-0.15, -0.1) is 0 Å². The standard InChI is InChI=1S/C29H28N2O6S/c1-17-6-11-26-21(12-17)30-29(38-26)31-27(33)16-37-23-13-19(8-7-18(23)2)9-10-22(32)20-14-24(34-3)28(36-5)25(15-20)35-4/h6-15H,16H2,1-5H3,(H,30,31,33)/b10-9+. The molecule has 0 fully saturated rings. The van der Waals surface area contributed by atoms with Gasteiger partial charge < -0.3 is 18.9 Å². The minimum atomic E-state index is -0.307. The number of thiazole rings is 1. The van der Waals surface area contributed by atoms with E-state index >= 15 is 0 Å². The van der Waals surface area contributed by atoms with Crippen LogP contribution in [0.15, 0.2) is 54.6 Å². The first-order valence-electron chi connectivity index (χ1n) is 11.7. The molecule has 196 valence electrons. The molecule has 3 aromatic carbocycles. The maximum absolute atomic E-state index is 12.8. The lowest BCUT2D eigenvalue weighted by Gasteiger charge is -2.13. The zero-order chi connectivity index (χ0) is 27.2. The number of aromatic nitrogens is 1. The van der Waals surface area contributed by atoms with E-state index in [0.29, 0.717) is 33.7 Å². The quantitative estimate of drug-likeness (QED) is 0.202. The molecule has 0 unspecified atom stereocenters. The fraction of sp³-hybridized carbons (Fsp3) is 0.207. The molecule has 1 amide bonds. The smallest absolute Gasteiger partial charge is 0.264 e. The molecule has 0 saturated carbocycles. The lowest BCUT2D eigenvalue weighted by molar-refractivity contribution is -0.118. The number of hydrogen-bond donors (Lipinski definition) is 1. The number of carbonyl (C=O) groups excluding carboxylic acids is 2. The monoisotopic (exact) mass is 532 g/mol. The van der Waals surface area contributed by atoms with Crippen molar-refractivity contribution in [3.8, 4) is 23.0 Å². The summed E-state index contributed by atoms with van der Waals surface area (Å²) < 4.78 is 22.8. The van der Waals surface area contributed by atoms with E-state index in [2.05, 4.69) is 10.3 Å². The summed E-state index contributed by atoms with van der Waals surface area (Å²) in [4.78, 5) is 29.8. The zero-order valence-electron chi connectivity index (χ0n) is 21.8. The van der Waals surface area contributed by atoms with Gasteiger partial charge >= 0.3 is 0 Å². The molecule has 4 rings (SSSR count). The topological polar surface area (TPSA) is 96.0 Å². The number of fused-ring (bicyclic) bond motifs is 1. The molecule has 1 heterocycles. The molecule has 0 saturated heterocycles. The van der Waals surface area contributed by atoms with Crippen molar-refractivity contribution in [1.82, 2.24) is 4.98 Å². The van der Waals surface area contributed by atoms with Crippen molar-refractivity contribution >= 4 is 44.5 Å². The van der Waals surface area contributed by atoms with E-state index in [9.17, 15) is 9.59 Å². The van der Waals surface area contributed by atoms with Crippen LogP contribution in [-0.4, -0.2) is 44.6 Å². The van der Waals surface area contributed by atoms with Crippen molar-refractivity contribution in [3.63, 3.8) is 0 Å². The first-order chi connectivity index (χ1) is 18.3. The summed E-state index contributed by atoms with van der Waals surface area (Å²) in [6, 6.07) is 14.7. The number of benzene rings is 3. The highest BCUT2D eigenvalue weighted by atomic mass is 32.1. The summed E-state index contributed by atoms with van der Waals surface area (Å²) in [5.41, 5.74) is 3.96. The Balaban J connectivity index is 1.42. The molecule has 1 N–H and O–H groups in total. The van der Waals surface area contributed by atoms with Crippen molar-refractivity contribution < 1.29 is 28.5 Å². The number of nitrogens with zero attached hydrogens (tertiary/aromatic N) is 1. The molecule has 1 aromatic heterocycles. The molecule has 0 radical (unpaired) electrons. The van der Waals surface area contributed by atoms with Gasteiger partial charge in [-0.3, -0.25) is 14.9 Å². The summed E-state index contributed by atoms with van der Waals surface area (Å²) in [6.07, 6.45) is 3.14. The van der Waals surface area contributed by atoms with E-state index in [1.807, 2.05) is 44.2 Å². The lowest BCUT2D eigenvalue weighted by Crippen LogP contribution is -2.20. The number of nitrogens with one attached hydrogen (secondary N) is 1. The Morgan fingerprint density at radius 3 is 2.34 bits per heavy atom. The van der Waals surface area contributed by atoms with Crippen molar-refractivity contribution in [3.05, 3.63) is 76.9 Å². The fourth-order valence-electron chi connectivity index (χ4n) is 3.76. The fourth-order valence-corrected chi connectivity index (χ4v) is 4.62. The molecule has 0 spiro atoms. The third-order valence-electron chi connectivity index (χ3n) is 5.74. The number of ketones is 1. The van der Waals surface area contributed by atoms with Crippen LogP contribution in [0.4, 0.5) is 5.13 Å². The van der Waals surface area contributed by atoms with Crippen LogP contribution >= 0.6 is 11.3 Å². The highest BCUT2D eigenvalue weighted by molar-refractivity contribution is 7.22. The molecule has 9 heteroatoms. The van der Waals surface area contributed by atoms with Gasteiger partial charge in [-0.1, -0.05) is 35.6 Å². The predicted octanol–water partition coefficient (Wildman–Crippen LogP) is 5.85. The number of hydrogen-bond acceptors (Lipinski definition) is 8. The van der Waals surface area contributed by atoms with Gasteiger partial charge in [0.2, 0.25) is 5.75 Å². The Morgan fingerprint density at radius 1 is 0.921 bits per heavy atom. The van der Waals surface area contributed by atoms with Gasteiger partial charge in [0.05, 0.1) is 31.5 Å². The van der Waals surface area contributed by atoms with Crippen LogP contribution in [0.2, 0.25) is 0 Å². The van der Waals surface area contributed by atoms with Gasteiger partial charge in [0.25, 0.3) is 5.91 Å². The minimum absolute atomic E-state index is 0.173. The van der Waals surface area contributed by atoms with Crippen molar-refractivity contribution in [1.29, 1.82) is 0 Å². The molecule has 38 heavy (non-hydrogen) atoms. The Hall–Kier alpha value is -4.37. The first-order valence-corrected chi connectivity index (χ1v) is 12.6. The number of carbonyl (C=O) groups is 2. The average molecular weight is 533 g/mol. The number of rotatable bonds is 10.